The molecular weight excluding hydrogens is 192 g/mol. The number of alkyl halides is 1. The molecule has 1 aliphatic rings. The monoisotopic (exact) mass is 200 g/mol. The van der Waals surface area contributed by atoms with E-state index in [1.54, 1.807) is 0 Å². The van der Waals surface area contributed by atoms with E-state index >= 15 is 0 Å². The number of carbonyl (C=O) groups excluding carboxylic acids is 1. The standard InChI is InChI=1S/C8H9BrO/c9-6-8(10)7-4-2-1-3-5-7/h1-2,4H,3,5-6H2. The number of hydrogen-bond donors (Lipinski definition) is 0. The SMILES string of the molecule is O=C(CBr)C1=CC=CCC1. The van der Waals surface area contributed by atoms with Gasteiger partial charge in [-0.05, 0) is 18.4 Å². The van der Waals surface area contributed by atoms with Gasteiger partial charge in [-0.25, -0.2) is 0 Å². The highest BCUT2D eigenvalue weighted by molar-refractivity contribution is 9.09. The molecule has 0 atom stereocenters. The van der Waals surface area contributed by atoms with Gasteiger partial charge in [-0.15, -0.1) is 0 Å². The predicted octanol–water partition coefficient (Wildman–Crippen LogP) is 2.23. The van der Waals surface area contributed by atoms with E-state index in [0.29, 0.717) is 5.33 Å². The van der Waals surface area contributed by atoms with Crippen LogP contribution in [0.5, 0.6) is 0 Å². The van der Waals surface area contributed by atoms with Crippen LogP contribution in [0.1, 0.15) is 12.8 Å². The smallest absolute Gasteiger partial charge is 0.169 e. The van der Waals surface area contributed by atoms with Crippen molar-refractivity contribution in [1.82, 2.24) is 0 Å². The fraction of sp³-hybridized carbons (Fsp3) is 0.375. The Kier molecular flexibility index (Phi) is 2.87. The van der Waals surface area contributed by atoms with Crippen molar-refractivity contribution >= 4 is 21.7 Å². The van der Waals surface area contributed by atoms with Gasteiger partial charge < -0.3 is 0 Å². The van der Waals surface area contributed by atoms with Crippen LogP contribution in [-0.2, 0) is 4.79 Å². The Morgan fingerprint density at radius 1 is 1.70 bits per heavy atom. The van der Waals surface area contributed by atoms with E-state index in [4.69, 9.17) is 0 Å². The van der Waals surface area contributed by atoms with Gasteiger partial charge in [0, 0.05) is 0 Å². The van der Waals surface area contributed by atoms with Crippen LogP contribution in [0, 0.1) is 0 Å². The summed E-state index contributed by atoms with van der Waals surface area (Å²) >= 11 is 3.14. The van der Waals surface area contributed by atoms with Gasteiger partial charge in [0.1, 0.15) is 0 Å². The summed E-state index contributed by atoms with van der Waals surface area (Å²) in [5, 5.41) is 0.451. The second-order valence-corrected chi connectivity index (χ2v) is 2.78. The zero-order valence-electron chi connectivity index (χ0n) is 5.64. The molecule has 1 rings (SSSR count). The van der Waals surface area contributed by atoms with Gasteiger partial charge >= 0.3 is 0 Å². The van der Waals surface area contributed by atoms with Crippen LogP contribution in [0.15, 0.2) is 23.8 Å². The fourth-order valence-corrected chi connectivity index (χ4v) is 1.28. The predicted molar refractivity (Wildman–Crippen MR) is 45.3 cm³/mol. The Morgan fingerprint density at radius 2 is 2.50 bits per heavy atom. The molecular formula is C8H9BrO. The summed E-state index contributed by atoms with van der Waals surface area (Å²) in [5.41, 5.74) is 0.944. The Labute approximate surface area is 68.9 Å². The summed E-state index contributed by atoms with van der Waals surface area (Å²) in [6, 6.07) is 0. The molecule has 0 aromatic heterocycles. The third kappa shape index (κ3) is 1.81. The van der Waals surface area contributed by atoms with Crippen LogP contribution in [0.25, 0.3) is 0 Å². The van der Waals surface area contributed by atoms with Gasteiger partial charge in [0.05, 0.1) is 5.33 Å². The lowest BCUT2D eigenvalue weighted by atomic mass is 10.0. The third-order valence-corrected chi connectivity index (χ3v) is 2.00. The first-order valence-corrected chi connectivity index (χ1v) is 4.41. The first-order valence-electron chi connectivity index (χ1n) is 3.29. The number of allylic oxidation sites excluding steroid dienone is 4. The fourth-order valence-electron chi connectivity index (χ4n) is 0.921. The van der Waals surface area contributed by atoms with E-state index in [9.17, 15) is 4.79 Å². The quantitative estimate of drug-likeness (QED) is 0.626. The highest BCUT2D eigenvalue weighted by Crippen LogP contribution is 2.13. The normalized spacial score (nSPS) is 16.7. The van der Waals surface area contributed by atoms with Crippen LogP contribution in [0.4, 0.5) is 0 Å². The van der Waals surface area contributed by atoms with Gasteiger partial charge in [0.2, 0.25) is 0 Å². The average Bonchev–Trinajstić information content (AvgIpc) is 2.05. The molecule has 0 unspecified atom stereocenters. The topological polar surface area (TPSA) is 17.1 Å². The molecule has 0 aromatic carbocycles. The molecule has 54 valence electrons. The Hall–Kier alpha value is -0.370. The number of halogens is 1. The van der Waals surface area contributed by atoms with Crippen molar-refractivity contribution in [2.75, 3.05) is 5.33 Å². The van der Waals surface area contributed by atoms with Gasteiger partial charge in [0.15, 0.2) is 5.78 Å². The maximum absolute atomic E-state index is 11.0. The highest BCUT2D eigenvalue weighted by Gasteiger charge is 2.07. The van der Waals surface area contributed by atoms with E-state index in [0.717, 1.165) is 18.4 Å². The van der Waals surface area contributed by atoms with Crippen molar-refractivity contribution in [2.45, 2.75) is 12.8 Å². The van der Waals surface area contributed by atoms with E-state index < -0.39 is 0 Å². The molecule has 0 amide bonds. The van der Waals surface area contributed by atoms with Gasteiger partial charge in [0.25, 0.3) is 0 Å². The number of hydrogen-bond acceptors (Lipinski definition) is 1. The molecule has 2 heteroatoms. The molecule has 1 aliphatic carbocycles. The summed E-state index contributed by atoms with van der Waals surface area (Å²) in [5.74, 6) is 0.212. The Bertz CT molecular complexity index is 191. The summed E-state index contributed by atoms with van der Waals surface area (Å²) < 4.78 is 0. The lowest BCUT2D eigenvalue weighted by Gasteiger charge is -2.04. The Balaban J connectivity index is 2.62. The first-order chi connectivity index (χ1) is 4.84. The highest BCUT2D eigenvalue weighted by atomic mass is 79.9. The third-order valence-electron chi connectivity index (χ3n) is 1.49. The second-order valence-electron chi connectivity index (χ2n) is 2.22. The molecule has 0 bridgehead atoms. The number of ketones is 1. The summed E-state index contributed by atoms with van der Waals surface area (Å²) in [6.07, 6.45) is 7.82. The van der Waals surface area contributed by atoms with Crippen LogP contribution < -0.4 is 0 Å². The molecule has 0 N–H and O–H groups in total. The van der Waals surface area contributed by atoms with Crippen molar-refractivity contribution in [3.63, 3.8) is 0 Å². The van der Waals surface area contributed by atoms with Gasteiger partial charge in [-0.1, -0.05) is 34.2 Å². The zero-order chi connectivity index (χ0) is 7.40. The minimum absolute atomic E-state index is 0.212. The van der Waals surface area contributed by atoms with Crippen molar-refractivity contribution < 1.29 is 4.79 Å². The lowest BCUT2D eigenvalue weighted by Crippen LogP contribution is -2.04. The molecule has 0 aliphatic heterocycles. The molecule has 1 nitrogen and oxygen atoms in total. The second kappa shape index (κ2) is 3.71. The van der Waals surface area contributed by atoms with Crippen LogP contribution in [0.3, 0.4) is 0 Å². The van der Waals surface area contributed by atoms with Gasteiger partial charge in [-0.3, -0.25) is 4.79 Å². The zero-order valence-corrected chi connectivity index (χ0v) is 7.23. The van der Waals surface area contributed by atoms with Crippen molar-refractivity contribution in [2.24, 2.45) is 0 Å². The lowest BCUT2D eigenvalue weighted by molar-refractivity contribution is -0.113. The van der Waals surface area contributed by atoms with E-state index in [1.807, 2.05) is 12.2 Å². The first kappa shape index (κ1) is 7.73. The molecule has 0 fully saturated rings. The summed E-state index contributed by atoms with van der Waals surface area (Å²) in [6.45, 7) is 0. The van der Waals surface area contributed by atoms with E-state index in [-0.39, 0.29) is 5.78 Å². The van der Waals surface area contributed by atoms with Crippen LogP contribution >= 0.6 is 15.9 Å². The molecule has 0 radical (unpaired) electrons. The molecule has 0 spiro atoms. The summed E-state index contributed by atoms with van der Waals surface area (Å²) in [4.78, 5) is 11.0. The largest absolute Gasteiger partial charge is 0.294 e. The van der Waals surface area contributed by atoms with Gasteiger partial charge in [-0.2, -0.15) is 0 Å². The van der Waals surface area contributed by atoms with Crippen molar-refractivity contribution in [1.29, 1.82) is 0 Å². The maximum atomic E-state index is 11.0. The van der Waals surface area contributed by atoms with E-state index in [2.05, 4.69) is 22.0 Å². The van der Waals surface area contributed by atoms with Crippen molar-refractivity contribution in [3.8, 4) is 0 Å². The molecule has 10 heavy (non-hydrogen) atoms. The number of Topliss-reactive ketones (excluding diaryl/α,β-unsaturated/α-hetero) is 1. The maximum Gasteiger partial charge on any atom is 0.169 e. The summed E-state index contributed by atoms with van der Waals surface area (Å²) in [7, 11) is 0. The van der Waals surface area contributed by atoms with Crippen LogP contribution in [0.2, 0.25) is 0 Å². The minimum atomic E-state index is 0.212. The number of rotatable bonds is 2. The molecule has 0 heterocycles. The molecule has 0 saturated carbocycles. The molecule has 0 aromatic rings. The van der Waals surface area contributed by atoms with Crippen LogP contribution in [-0.4, -0.2) is 11.1 Å². The van der Waals surface area contributed by atoms with Crippen molar-refractivity contribution in [3.05, 3.63) is 23.8 Å². The van der Waals surface area contributed by atoms with E-state index in [1.165, 1.54) is 0 Å². The minimum Gasteiger partial charge on any atom is -0.294 e. The Morgan fingerprint density at radius 3 is 3.00 bits per heavy atom. The number of carbonyl (C=O) groups is 1. The molecule has 0 saturated heterocycles. The average molecular weight is 201 g/mol.